The van der Waals surface area contributed by atoms with E-state index in [-0.39, 0.29) is 5.41 Å². The highest BCUT2D eigenvalue weighted by atomic mass is 16.6. The van der Waals surface area contributed by atoms with Gasteiger partial charge >= 0.3 is 5.97 Å². The molecule has 0 saturated heterocycles. The van der Waals surface area contributed by atoms with Gasteiger partial charge in [-0.05, 0) is 36.7 Å². The average Bonchev–Trinajstić information content (AvgIpc) is 2.56. The van der Waals surface area contributed by atoms with Gasteiger partial charge in [0.05, 0.1) is 0 Å². The zero-order valence-electron chi connectivity index (χ0n) is 11.0. The third kappa shape index (κ3) is 2.56. The van der Waals surface area contributed by atoms with Crippen molar-refractivity contribution in [3.8, 4) is 0 Å². The number of carbonyl (C=O) groups is 1. The van der Waals surface area contributed by atoms with Crippen LogP contribution in [0.2, 0.25) is 0 Å². The molecule has 0 saturated carbocycles. The van der Waals surface area contributed by atoms with Gasteiger partial charge in [-0.15, -0.1) is 0 Å². The number of rotatable bonds is 3. The van der Waals surface area contributed by atoms with Crippen molar-refractivity contribution in [2.24, 2.45) is 11.3 Å². The second-order valence-electron chi connectivity index (χ2n) is 5.75. The van der Waals surface area contributed by atoms with E-state index in [0.717, 1.165) is 18.4 Å². The molecule has 0 fully saturated rings. The maximum Gasteiger partial charge on any atom is 0.336 e. The van der Waals surface area contributed by atoms with Gasteiger partial charge in [0.15, 0.2) is 0 Å². The molecule has 0 spiro atoms. The minimum Gasteiger partial charge on any atom is -0.429 e. The predicted molar refractivity (Wildman–Crippen MR) is 69.6 cm³/mol. The lowest BCUT2D eigenvalue weighted by atomic mass is 9.67. The van der Waals surface area contributed by atoms with Crippen LogP contribution in [-0.2, 0) is 9.53 Å². The first-order chi connectivity index (χ1) is 8.40. The normalized spacial score (nSPS) is 30.3. The average molecular weight is 248 g/mol. The van der Waals surface area contributed by atoms with Crippen molar-refractivity contribution in [2.75, 3.05) is 0 Å². The van der Waals surface area contributed by atoms with Crippen LogP contribution >= 0.6 is 0 Å². The van der Waals surface area contributed by atoms with Gasteiger partial charge in [0.1, 0.15) is 0 Å². The minimum atomic E-state index is -1.06. The molecule has 2 atom stereocenters. The number of hydrogen-bond donors (Lipinski definition) is 1. The van der Waals surface area contributed by atoms with E-state index in [2.05, 4.69) is 37.3 Å². The zero-order valence-corrected chi connectivity index (χ0v) is 11.0. The summed E-state index contributed by atoms with van der Waals surface area (Å²) in [7, 11) is 0. The Kier molecular flexibility index (Phi) is 3.44. The zero-order chi connectivity index (χ0) is 13.3. The summed E-state index contributed by atoms with van der Waals surface area (Å²) in [6.45, 7) is 8.55. The molecule has 1 aliphatic heterocycles. The molecule has 0 bridgehead atoms. The third-order valence-corrected chi connectivity index (χ3v) is 3.90. The number of hydrogen-bond acceptors (Lipinski definition) is 3. The topological polar surface area (TPSA) is 46.5 Å². The Bertz CT molecular complexity index is 429. The van der Waals surface area contributed by atoms with Gasteiger partial charge in [-0.3, -0.25) is 0 Å². The second kappa shape index (κ2) is 4.73. The molecule has 0 unspecified atom stereocenters. The van der Waals surface area contributed by atoms with E-state index in [0.29, 0.717) is 17.9 Å². The Morgan fingerprint density at radius 3 is 2.83 bits per heavy atom. The molecule has 18 heavy (non-hydrogen) atoms. The van der Waals surface area contributed by atoms with Gasteiger partial charge in [-0.2, -0.15) is 0 Å². The quantitative estimate of drug-likeness (QED) is 0.781. The van der Waals surface area contributed by atoms with Crippen LogP contribution in [0.15, 0.2) is 36.0 Å². The number of ether oxygens (including phenoxy) is 1. The summed E-state index contributed by atoms with van der Waals surface area (Å²) in [5.74, 6) is -0.0220. The molecule has 1 heterocycles. The van der Waals surface area contributed by atoms with E-state index in [1.807, 2.05) is 0 Å². The number of allylic oxidation sites excluding steroid dienone is 3. The van der Waals surface area contributed by atoms with E-state index in [9.17, 15) is 9.90 Å². The van der Waals surface area contributed by atoms with Crippen LogP contribution < -0.4 is 0 Å². The molecule has 0 aromatic carbocycles. The number of esters is 1. The second-order valence-corrected chi connectivity index (χ2v) is 5.75. The maximum absolute atomic E-state index is 11.4. The molecular formula is C15H20O3. The molecule has 0 aromatic heterocycles. The SMILES string of the molecule is C=C1C=CCC(C)(C)[C@H]1CCC1=C[C@@H](O)OC1=O. The fourth-order valence-corrected chi connectivity index (χ4v) is 2.80. The summed E-state index contributed by atoms with van der Waals surface area (Å²) in [6.07, 6.45) is 7.20. The summed E-state index contributed by atoms with van der Waals surface area (Å²) < 4.78 is 4.68. The molecule has 0 radical (unpaired) electrons. The van der Waals surface area contributed by atoms with Crippen LogP contribution in [0.3, 0.4) is 0 Å². The standard InChI is InChI=1S/C15H20O3/c1-10-5-4-8-15(2,3)12(10)7-6-11-9-13(16)18-14(11)17/h4-5,9,12-13,16H,1,6-8H2,2-3H3/t12-,13-/m0/s1. The monoisotopic (exact) mass is 248 g/mol. The highest BCUT2D eigenvalue weighted by molar-refractivity contribution is 5.90. The van der Waals surface area contributed by atoms with Crippen molar-refractivity contribution in [3.63, 3.8) is 0 Å². The minimum absolute atomic E-state index is 0.174. The van der Waals surface area contributed by atoms with Crippen molar-refractivity contribution in [1.29, 1.82) is 0 Å². The van der Waals surface area contributed by atoms with Gasteiger partial charge in [-0.1, -0.05) is 38.2 Å². The molecule has 1 aliphatic carbocycles. The van der Waals surface area contributed by atoms with Crippen molar-refractivity contribution >= 4 is 5.97 Å². The van der Waals surface area contributed by atoms with E-state index < -0.39 is 12.3 Å². The first kappa shape index (κ1) is 13.1. The van der Waals surface area contributed by atoms with Gasteiger partial charge < -0.3 is 9.84 Å². The van der Waals surface area contributed by atoms with E-state index in [1.54, 1.807) is 0 Å². The van der Waals surface area contributed by atoms with Crippen molar-refractivity contribution in [1.82, 2.24) is 0 Å². The smallest absolute Gasteiger partial charge is 0.336 e. The summed E-state index contributed by atoms with van der Waals surface area (Å²) in [5.41, 5.74) is 1.88. The first-order valence-electron chi connectivity index (χ1n) is 6.35. The molecule has 98 valence electrons. The fourth-order valence-electron chi connectivity index (χ4n) is 2.80. The molecular weight excluding hydrogens is 228 g/mol. The summed E-state index contributed by atoms with van der Waals surface area (Å²) in [5, 5.41) is 9.21. The predicted octanol–water partition coefficient (Wildman–Crippen LogP) is 2.73. The molecule has 2 aliphatic rings. The lowest BCUT2D eigenvalue weighted by Gasteiger charge is -2.37. The molecule has 3 nitrogen and oxygen atoms in total. The summed E-state index contributed by atoms with van der Waals surface area (Å²) >= 11 is 0. The van der Waals surface area contributed by atoms with E-state index in [1.165, 1.54) is 6.08 Å². The fraction of sp³-hybridized carbons (Fsp3) is 0.533. The van der Waals surface area contributed by atoms with Crippen molar-refractivity contribution in [3.05, 3.63) is 36.0 Å². The van der Waals surface area contributed by atoms with E-state index in [4.69, 9.17) is 0 Å². The van der Waals surface area contributed by atoms with Crippen LogP contribution in [0.25, 0.3) is 0 Å². The first-order valence-corrected chi connectivity index (χ1v) is 6.35. The number of aliphatic hydroxyl groups excluding tert-OH is 1. The lowest BCUT2D eigenvalue weighted by Crippen LogP contribution is -2.27. The van der Waals surface area contributed by atoms with Crippen LogP contribution in [0.5, 0.6) is 0 Å². The summed E-state index contributed by atoms with van der Waals surface area (Å²) in [6, 6.07) is 0. The van der Waals surface area contributed by atoms with Gasteiger partial charge in [0, 0.05) is 5.57 Å². The van der Waals surface area contributed by atoms with Crippen molar-refractivity contribution < 1.29 is 14.6 Å². The van der Waals surface area contributed by atoms with Gasteiger partial charge in [0.25, 0.3) is 0 Å². The molecule has 2 rings (SSSR count). The highest BCUT2D eigenvalue weighted by Gasteiger charge is 2.33. The maximum atomic E-state index is 11.4. The van der Waals surface area contributed by atoms with Crippen LogP contribution in [0, 0.1) is 11.3 Å². The Labute approximate surface area is 108 Å². The van der Waals surface area contributed by atoms with Crippen molar-refractivity contribution in [2.45, 2.75) is 39.4 Å². The van der Waals surface area contributed by atoms with Crippen LogP contribution in [0.4, 0.5) is 0 Å². The van der Waals surface area contributed by atoms with Crippen LogP contribution in [0.1, 0.15) is 33.1 Å². The van der Waals surface area contributed by atoms with E-state index >= 15 is 0 Å². The Balaban J connectivity index is 2.01. The summed E-state index contributed by atoms with van der Waals surface area (Å²) in [4.78, 5) is 11.4. The highest BCUT2D eigenvalue weighted by Crippen LogP contribution is 2.42. The third-order valence-electron chi connectivity index (χ3n) is 3.90. The largest absolute Gasteiger partial charge is 0.429 e. The Morgan fingerprint density at radius 1 is 1.56 bits per heavy atom. The van der Waals surface area contributed by atoms with Gasteiger partial charge in [-0.25, -0.2) is 4.79 Å². The Hall–Kier alpha value is -1.35. The molecule has 3 heteroatoms. The Morgan fingerprint density at radius 2 is 2.28 bits per heavy atom. The van der Waals surface area contributed by atoms with Gasteiger partial charge in [0.2, 0.25) is 6.29 Å². The number of carbonyl (C=O) groups excluding carboxylic acids is 1. The molecule has 1 N–H and O–H groups in total. The number of aliphatic hydroxyl groups is 1. The van der Waals surface area contributed by atoms with Crippen LogP contribution in [-0.4, -0.2) is 17.4 Å². The number of cyclic esters (lactones) is 1. The molecule has 0 aromatic rings. The molecule has 0 amide bonds. The lowest BCUT2D eigenvalue weighted by molar-refractivity contribution is -0.151.